The molecule has 0 aromatic heterocycles. The fourth-order valence-electron chi connectivity index (χ4n) is 1.09. The largest absolute Gasteiger partial charge is 0.463 e. The van der Waals surface area contributed by atoms with E-state index in [-0.39, 0.29) is 19.1 Å². The molecule has 6 nitrogen and oxygen atoms in total. The van der Waals surface area contributed by atoms with Crippen LogP contribution in [0.1, 0.15) is 34.1 Å². The molecule has 0 aromatic rings. The van der Waals surface area contributed by atoms with Gasteiger partial charge in [-0.2, -0.15) is 0 Å². The summed E-state index contributed by atoms with van der Waals surface area (Å²) in [6.07, 6.45) is 2.56. The average Bonchev–Trinajstić information content (AvgIpc) is 2.35. The van der Waals surface area contributed by atoms with E-state index in [1.54, 1.807) is 6.92 Å². The summed E-state index contributed by atoms with van der Waals surface area (Å²) in [6, 6.07) is 0. The lowest BCUT2D eigenvalue weighted by Crippen LogP contribution is -2.35. The molecule has 0 radical (unpaired) electrons. The standard InChI is InChI=1S/C14H23NO5/c1-5-19-11(16)7-8-12(17)20-10-6-9-15-13(18)14(2,3)4/h7-8H,5-6,9-10H2,1-4H3,(H,15,18)/b8-7+. The summed E-state index contributed by atoms with van der Waals surface area (Å²) in [5.74, 6) is -1.24. The molecule has 0 aliphatic heterocycles. The lowest BCUT2D eigenvalue weighted by atomic mass is 9.96. The maximum absolute atomic E-state index is 11.5. The quantitative estimate of drug-likeness (QED) is 0.432. The third-order valence-electron chi connectivity index (χ3n) is 2.17. The maximum atomic E-state index is 11.5. The predicted octanol–water partition coefficient (Wildman–Crippen LogP) is 1.20. The highest BCUT2D eigenvalue weighted by atomic mass is 16.5. The summed E-state index contributed by atoms with van der Waals surface area (Å²) in [5, 5.41) is 2.74. The Morgan fingerprint density at radius 3 is 2.10 bits per heavy atom. The second-order valence-corrected chi connectivity index (χ2v) is 5.11. The van der Waals surface area contributed by atoms with Gasteiger partial charge >= 0.3 is 11.9 Å². The first-order valence-corrected chi connectivity index (χ1v) is 6.57. The van der Waals surface area contributed by atoms with Crippen LogP contribution in [0.3, 0.4) is 0 Å². The summed E-state index contributed by atoms with van der Waals surface area (Å²) in [5.41, 5.74) is -0.431. The Balaban J connectivity index is 3.73. The van der Waals surface area contributed by atoms with E-state index in [1.165, 1.54) is 0 Å². The molecule has 0 saturated carbocycles. The molecule has 0 saturated heterocycles. The van der Waals surface area contributed by atoms with Crippen molar-refractivity contribution in [3.8, 4) is 0 Å². The summed E-state index contributed by atoms with van der Waals surface area (Å²) in [7, 11) is 0. The average molecular weight is 285 g/mol. The number of ether oxygens (including phenoxy) is 2. The van der Waals surface area contributed by atoms with Crippen LogP contribution in [0.2, 0.25) is 0 Å². The van der Waals surface area contributed by atoms with Crippen molar-refractivity contribution in [3.05, 3.63) is 12.2 Å². The van der Waals surface area contributed by atoms with Gasteiger partial charge in [0.2, 0.25) is 5.91 Å². The fourth-order valence-corrected chi connectivity index (χ4v) is 1.09. The fraction of sp³-hybridized carbons (Fsp3) is 0.643. The van der Waals surface area contributed by atoms with Crippen molar-refractivity contribution in [2.24, 2.45) is 5.41 Å². The monoisotopic (exact) mass is 285 g/mol. The van der Waals surface area contributed by atoms with Crippen molar-refractivity contribution in [1.82, 2.24) is 5.32 Å². The molecule has 0 atom stereocenters. The molecule has 1 amide bonds. The molecule has 0 rings (SSSR count). The van der Waals surface area contributed by atoms with Crippen LogP contribution >= 0.6 is 0 Å². The number of nitrogens with one attached hydrogen (secondary N) is 1. The normalized spacial score (nSPS) is 11.2. The van der Waals surface area contributed by atoms with Crippen LogP contribution < -0.4 is 5.32 Å². The van der Waals surface area contributed by atoms with E-state index in [0.29, 0.717) is 13.0 Å². The SMILES string of the molecule is CCOC(=O)/C=C/C(=O)OCCCNC(=O)C(C)(C)C. The Bertz CT molecular complexity index is 368. The molecule has 6 heteroatoms. The third-order valence-corrected chi connectivity index (χ3v) is 2.17. The smallest absolute Gasteiger partial charge is 0.331 e. The highest BCUT2D eigenvalue weighted by Crippen LogP contribution is 2.11. The van der Waals surface area contributed by atoms with Crippen LogP contribution in [-0.2, 0) is 23.9 Å². The zero-order chi connectivity index (χ0) is 15.6. The number of hydrogen-bond acceptors (Lipinski definition) is 5. The van der Waals surface area contributed by atoms with Gasteiger partial charge in [-0.05, 0) is 13.3 Å². The predicted molar refractivity (Wildman–Crippen MR) is 73.8 cm³/mol. The minimum atomic E-state index is -0.611. The van der Waals surface area contributed by atoms with Crippen molar-refractivity contribution in [1.29, 1.82) is 0 Å². The van der Waals surface area contributed by atoms with Crippen LogP contribution in [0.15, 0.2) is 12.2 Å². The van der Waals surface area contributed by atoms with Crippen molar-refractivity contribution >= 4 is 17.8 Å². The number of esters is 2. The Kier molecular flexibility index (Phi) is 8.27. The molecule has 1 N–H and O–H groups in total. The van der Waals surface area contributed by atoms with E-state index >= 15 is 0 Å². The molecule has 0 spiro atoms. The first-order chi connectivity index (χ1) is 9.27. The van der Waals surface area contributed by atoms with Gasteiger partial charge < -0.3 is 14.8 Å². The van der Waals surface area contributed by atoms with Gasteiger partial charge in [-0.25, -0.2) is 9.59 Å². The van der Waals surface area contributed by atoms with E-state index in [0.717, 1.165) is 12.2 Å². The van der Waals surface area contributed by atoms with Gasteiger partial charge in [-0.15, -0.1) is 0 Å². The molecule has 20 heavy (non-hydrogen) atoms. The lowest BCUT2D eigenvalue weighted by Gasteiger charge is -2.17. The molecule has 0 fully saturated rings. The number of carbonyl (C=O) groups is 3. The van der Waals surface area contributed by atoms with Crippen molar-refractivity contribution in [2.45, 2.75) is 34.1 Å². The third kappa shape index (κ3) is 9.13. The van der Waals surface area contributed by atoms with Crippen LogP contribution in [0.25, 0.3) is 0 Å². The second-order valence-electron chi connectivity index (χ2n) is 5.11. The lowest BCUT2D eigenvalue weighted by molar-refractivity contribution is -0.140. The van der Waals surface area contributed by atoms with Crippen molar-refractivity contribution in [2.75, 3.05) is 19.8 Å². The van der Waals surface area contributed by atoms with Gasteiger partial charge in [0.05, 0.1) is 13.2 Å². The maximum Gasteiger partial charge on any atom is 0.331 e. The van der Waals surface area contributed by atoms with Gasteiger partial charge in [0.15, 0.2) is 0 Å². The summed E-state index contributed by atoms with van der Waals surface area (Å²) >= 11 is 0. The van der Waals surface area contributed by atoms with Gasteiger partial charge in [0.1, 0.15) is 0 Å². The second kappa shape index (κ2) is 9.12. The Morgan fingerprint density at radius 1 is 1.05 bits per heavy atom. The number of amides is 1. The Hall–Kier alpha value is -1.85. The van der Waals surface area contributed by atoms with Crippen molar-refractivity contribution < 1.29 is 23.9 Å². The highest BCUT2D eigenvalue weighted by Gasteiger charge is 2.20. The highest BCUT2D eigenvalue weighted by molar-refractivity contribution is 5.91. The molecule has 0 heterocycles. The molecule has 0 aliphatic rings. The molecule has 114 valence electrons. The van der Waals surface area contributed by atoms with E-state index in [1.807, 2.05) is 20.8 Å². The van der Waals surface area contributed by atoms with Gasteiger partial charge in [0.25, 0.3) is 0 Å². The van der Waals surface area contributed by atoms with Gasteiger partial charge in [0, 0.05) is 24.1 Å². The van der Waals surface area contributed by atoms with E-state index in [9.17, 15) is 14.4 Å². The zero-order valence-corrected chi connectivity index (χ0v) is 12.5. The van der Waals surface area contributed by atoms with E-state index in [4.69, 9.17) is 4.74 Å². The van der Waals surface area contributed by atoms with Crippen LogP contribution in [0, 0.1) is 5.41 Å². The number of hydrogen-bond donors (Lipinski definition) is 1. The molecular formula is C14H23NO5. The van der Waals surface area contributed by atoms with Crippen LogP contribution in [0.5, 0.6) is 0 Å². The van der Waals surface area contributed by atoms with Crippen LogP contribution in [-0.4, -0.2) is 37.6 Å². The van der Waals surface area contributed by atoms with Gasteiger partial charge in [-0.1, -0.05) is 20.8 Å². The molecule has 0 bridgehead atoms. The van der Waals surface area contributed by atoms with Gasteiger partial charge in [-0.3, -0.25) is 4.79 Å². The molecular weight excluding hydrogens is 262 g/mol. The Morgan fingerprint density at radius 2 is 1.60 bits per heavy atom. The minimum Gasteiger partial charge on any atom is -0.463 e. The summed E-state index contributed by atoms with van der Waals surface area (Å²) in [4.78, 5) is 33.7. The molecule has 0 unspecified atom stereocenters. The zero-order valence-electron chi connectivity index (χ0n) is 12.5. The first kappa shape index (κ1) is 18.1. The Labute approximate surface area is 119 Å². The minimum absolute atomic E-state index is 0.0500. The topological polar surface area (TPSA) is 81.7 Å². The number of carbonyl (C=O) groups excluding carboxylic acids is 3. The van der Waals surface area contributed by atoms with E-state index < -0.39 is 17.4 Å². The van der Waals surface area contributed by atoms with E-state index in [2.05, 4.69) is 10.1 Å². The summed E-state index contributed by atoms with van der Waals surface area (Å²) < 4.78 is 9.47. The number of rotatable bonds is 7. The van der Waals surface area contributed by atoms with Crippen LogP contribution in [0.4, 0.5) is 0 Å². The first-order valence-electron chi connectivity index (χ1n) is 6.57. The molecule has 0 aliphatic carbocycles. The molecule has 0 aromatic carbocycles. The van der Waals surface area contributed by atoms with Crippen molar-refractivity contribution in [3.63, 3.8) is 0 Å². The summed E-state index contributed by atoms with van der Waals surface area (Å²) in [6.45, 7) is 8.01.